The Labute approximate surface area is 180 Å². The molecule has 5 heteroatoms. The Kier molecular flexibility index (Phi) is 4.79. The molecule has 1 aliphatic heterocycles. The number of carbonyl (C=O) groups is 1. The van der Waals surface area contributed by atoms with Gasteiger partial charge < -0.3 is 14.8 Å². The Morgan fingerprint density at radius 2 is 1.48 bits per heavy atom. The van der Waals surface area contributed by atoms with E-state index in [0.29, 0.717) is 18.8 Å². The first-order valence-corrected chi connectivity index (χ1v) is 10.2. The van der Waals surface area contributed by atoms with Gasteiger partial charge in [0.2, 0.25) is 0 Å². The van der Waals surface area contributed by atoms with Crippen LogP contribution in [0.1, 0.15) is 5.56 Å². The normalized spacial score (nSPS) is 13.7. The zero-order valence-electron chi connectivity index (χ0n) is 17.4. The van der Waals surface area contributed by atoms with Gasteiger partial charge in [0.1, 0.15) is 17.2 Å². The van der Waals surface area contributed by atoms with Gasteiger partial charge in [-0.25, -0.2) is 0 Å². The molecule has 0 atom stereocenters. The fourth-order valence-corrected chi connectivity index (χ4v) is 4.28. The van der Waals surface area contributed by atoms with E-state index in [9.17, 15) is 4.79 Å². The largest absolute Gasteiger partial charge is 0.496 e. The highest BCUT2D eigenvalue weighted by molar-refractivity contribution is 6.46. The predicted octanol–water partition coefficient (Wildman–Crippen LogP) is 4.60. The molecule has 0 saturated carbocycles. The number of methoxy groups -OCH3 is 2. The molecule has 0 aliphatic carbocycles. The van der Waals surface area contributed by atoms with Crippen molar-refractivity contribution in [2.75, 3.05) is 27.3 Å². The van der Waals surface area contributed by atoms with Crippen molar-refractivity contribution in [1.82, 2.24) is 5.32 Å². The molecule has 1 N–H and O–H groups in total. The number of benzene rings is 4. The highest BCUT2D eigenvalue weighted by Crippen LogP contribution is 2.45. The molecule has 5 rings (SSSR count). The minimum atomic E-state index is -0.130. The van der Waals surface area contributed by atoms with E-state index in [-0.39, 0.29) is 5.91 Å². The Hall–Kier alpha value is -3.86. The molecule has 0 bridgehead atoms. The van der Waals surface area contributed by atoms with Crippen LogP contribution >= 0.6 is 0 Å². The van der Waals surface area contributed by atoms with E-state index in [1.54, 1.807) is 14.2 Å². The minimum Gasteiger partial charge on any atom is -0.496 e. The molecule has 154 valence electrons. The number of ether oxygens (including phenoxy) is 2. The minimum absolute atomic E-state index is 0.130. The number of nitrogens with one attached hydrogen (secondary N) is 1. The summed E-state index contributed by atoms with van der Waals surface area (Å²) < 4.78 is 11.5. The fraction of sp³-hybridized carbons (Fsp3) is 0.154. The lowest BCUT2D eigenvalue weighted by molar-refractivity contribution is -0.114. The summed E-state index contributed by atoms with van der Waals surface area (Å²) in [5.74, 6) is 1.42. The molecule has 0 radical (unpaired) electrons. The van der Waals surface area contributed by atoms with E-state index in [1.165, 1.54) is 0 Å². The summed E-state index contributed by atoms with van der Waals surface area (Å²) in [5, 5.41) is 7.11. The van der Waals surface area contributed by atoms with Crippen LogP contribution in [0.2, 0.25) is 0 Å². The number of fused-ring (bicyclic) bond motifs is 2. The Morgan fingerprint density at radius 3 is 2.19 bits per heavy atom. The van der Waals surface area contributed by atoms with Crippen LogP contribution in [0, 0.1) is 0 Å². The van der Waals surface area contributed by atoms with Crippen LogP contribution in [0.4, 0.5) is 0 Å². The average Bonchev–Trinajstić information content (AvgIpc) is 2.82. The van der Waals surface area contributed by atoms with Gasteiger partial charge >= 0.3 is 0 Å². The summed E-state index contributed by atoms with van der Waals surface area (Å²) >= 11 is 0. The maximum Gasteiger partial charge on any atom is 0.270 e. The Balaban J connectivity index is 1.81. The summed E-state index contributed by atoms with van der Waals surface area (Å²) in [5.41, 5.74) is 3.25. The molecule has 0 saturated heterocycles. The zero-order chi connectivity index (χ0) is 21.4. The van der Waals surface area contributed by atoms with Crippen LogP contribution in [0.3, 0.4) is 0 Å². The smallest absolute Gasteiger partial charge is 0.270 e. The van der Waals surface area contributed by atoms with Crippen molar-refractivity contribution in [1.29, 1.82) is 0 Å². The number of carbonyl (C=O) groups excluding carboxylic acids is 1. The SMILES string of the molecule is COc1ccc2ccccc2c1-c1c(OC)ccc2cc(C3=NCCNC3=O)ccc12. The van der Waals surface area contributed by atoms with Crippen molar-refractivity contribution in [3.8, 4) is 22.6 Å². The van der Waals surface area contributed by atoms with Gasteiger partial charge in [0.25, 0.3) is 5.91 Å². The second-order valence-electron chi connectivity index (χ2n) is 7.43. The van der Waals surface area contributed by atoms with Gasteiger partial charge in [-0.15, -0.1) is 0 Å². The molecule has 1 amide bonds. The van der Waals surface area contributed by atoms with Crippen LogP contribution in [0.5, 0.6) is 11.5 Å². The van der Waals surface area contributed by atoms with Gasteiger partial charge in [-0.1, -0.05) is 48.5 Å². The lowest BCUT2D eigenvalue weighted by Gasteiger charge is -2.18. The lowest BCUT2D eigenvalue weighted by atomic mass is 9.91. The molecule has 0 aromatic heterocycles. The molecule has 0 unspecified atom stereocenters. The Bertz CT molecular complexity index is 1360. The first-order valence-electron chi connectivity index (χ1n) is 10.2. The number of nitrogens with zero attached hydrogens (tertiary/aromatic N) is 1. The standard InChI is InChI=1S/C26H22N2O3/c1-30-21-11-8-16-5-3-4-6-19(16)23(21)24-20-10-7-18(25-26(29)28-14-13-27-25)15-17(20)9-12-22(24)31-2/h3-12,15H,13-14H2,1-2H3,(H,28,29). The van der Waals surface area contributed by atoms with E-state index < -0.39 is 0 Å². The maximum atomic E-state index is 12.3. The van der Waals surface area contributed by atoms with Crippen LogP contribution in [-0.2, 0) is 4.79 Å². The summed E-state index contributed by atoms with van der Waals surface area (Å²) in [6.45, 7) is 1.18. The highest BCUT2D eigenvalue weighted by Gasteiger charge is 2.21. The van der Waals surface area contributed by atoms with Crippen molar-refractivity contribution in [3.63, 3.8) is 0 Å². The van der Waals surface area contributed by atoms with Crippen molar-refractivity contribution in [2.24, 2.45) is 4.99 Å². The van der Waals surface area contributed by atoms with Crippen molar-refractivity contribution in [3.05, 3.63) is 72.3 Å². The molecule has 1 heterocycles. The van der Waals surface area contributed by atoms with Gasteiger partial charge in [0, 0.05) is 23.2 Å². The van der Waals surface area contributed by atoms with E-state index in [1.807, 2.05) is 48.5 Å². The molecule has 4 aromatic carbocycles. The number of rotatable bonds is 4. The second kappa shape index (κ2) is 7.76. The van der Waals surface area contributed by atoms with Gasteiger partial charge in [0.15, 0.2) is 0 Å². The Morgan fingerprint density at radius 1 is 0.806 bits per heavy atom. The topological polar surface area (TPSA) is 59.9 Å². The third kappa shape index (κ3) is 3.19. The number of hydrogen-bond acceptors (Lipinski definition) is 4. The maximum absolute atomic E-state index is 12.3. The first-order chi connectivity index (χ1) is 15.2. The third-order valence-electron chi connectivity index (χ3n) is 5.72. The first kappa shape index (κ1) is 19.1. The van der Waals surface area contributed by atoms with E-state index >= 15 is 0 Å². The molecule has 0 fully saturated rings. The molecule has 4 aromatic rings. The van der Waals surface area contributed by atoms with Gasteiger partial charge in [-0.2, -0.15) is 0 Å². The van der Waals surface area contributed by atoms with Crippen LogP contribution < -0.4 is 14.8 Å². The molecule has 31 heavy (non-hydrogen) atoms. The average molecular weight is 410 g/mol. The van der Waals surface area contributed by atoms with E-state index in [0.717, 1.165) is 49.7 Å². The van der Waals surface area contributed by atoms with E-state index in [2.05, 4.69) is 28.5 Å². The van der Waals surface area contributed by atoms with Crippen molar-refractivity contribution < 1.29 is 14.3 Å². The quantitative estimate of drug-likeness (QED) is 0.535. The third-order valence-corrected chi connectivity index (χ3v) is 5.72. The summed E-state index contributed by atoms with van der Waals surface area (Å²) in [4.78, 5) is 16.7. The summed E-state index contributed by atoms with van der Waals surface area (Å²) in [6, 6.07) is 22.3. The number of amides is 1. The van der Waals surface area contributed by atoms with Crippen molar-refractivity contribution in [2.45, 2.75) is 0 Å². The summed E-state index contributed by atoms with van der Waals surface area (Å²) in [6.07, 6.45) is 0. The van der Waals surface area contributed by atoms with Gasteiger partial charge in [-0.3, -0.25) is 9.79 Å². The number of hydrogen-bond donors (Lipinski definition) is 1. The fourth-order valence-electron chi connectivity index (χ4n) is 4.28. The monoisotopic (exact) mass is 410 g/mol. The van der Waals surface area contributed by atoms with Crippen LogP contribution in [0.15, 0.2) is 71.7 Å². The van der Waals surface area contributed by atoms with Gasteiger partial charge in [0.05, 0.1) is 20.8 Å². The molecular formula is C26H22N2O3. The van der Waals surface area contributed by atoms with Crippen molar-refractivity contribution >= 4 is 33.2 Å². The predicted molar refractivity (Wildman–Crippen MR) is 124 cm³/mol. The van der Waals surface area contributed by atoms with E-state index in [4.69, 9.17) is 9.47 Å². The molecule has 5 nitrogen and oxygen atoms in total. The summed E-state index contributed by atoms with van der Waals surface area (Å²) in [7, 11) is 3.36. The number of aliphatic imine (C=N–C) groups is 1. The lowest BCUT2D eigenvalue weighted by Crippen LogP contribution is -2.37. The van der Waals surface area contributed by atoms with Crippen LogP contribution in [0.25, 0.3) is 32.7 Å². The molecule has 0 spiro atoms. The van der Waals surface area contributed by atoms with Gasteiger partial charge in [-0.05, 0) is 39.7 Å². The second-order valence-corrected chi connectivity index (χ2v) is 7.43. The highest BCUT2D eigenvalue weighted by atomic mass is 16.5. The zero-order valence-corrected chi connectivity index (χ0v) is 17.4. The molecular weight excluding hydrogens is 388 g/mol. The van der Waals surface area contributed by atoms with Crippen LogP contribution in [-0.4, -0.2) is 38.9 Å². The molecule has 1 aliphatic rings.